The van der Waals surface area contributed by atoms with E-state index in [4.69, 9.17) is 17.3 Å². The number of hydrogen-bond donors (Lipinski definition) is 2. The van der Waals surface area contributed by atoms with Crippen LogP contribution in [0.1, 0.15) is 32.6 Å². The molecule has 6 heteroatoms. The molecule has 1 aliphatic heterocycles. The third-order valence-corrected chi connectivity index (χ3v) is 4.26. The van der Waals surface area contributed by atoms with Crippen molar-refractivity contribution in [3.05, 3.63) is 23.0 Å². The summed E-state index contributed by atoms with van der Waals surface area (Å²) in [4.78, 5) is 13.3. The van der Waals surface area contributed by atoms with Crippen LogP contribution in [-0.2, 0) is 4.79 Å². The molecule has 1 saturated heterocycles. The number of piperidine rings is 1. The number of nitrogen functional groups attached to an aromatic ring is 1. The van der Waals surface area contributed by atoms with Crippen molar-refractivity contribution >= 4 is 28.8 Å². The molecule has 3 N–H and O–H groups in total. The van der Waals surface area contributed by atoms with Crippen LogP contribution in [0.25, 0.3) is 0 Å². The predicted molar refractivity (Wildman–Crippen MR) is 82.1 cm³/mol. The van der Waals surface area contributed by atoms with Gasteiger partial charge in [0.1, 0.15) is 11.6 Å². The Morgan fingerprint density at radius 2 is 2.10 bits per heavy atom. The highest BCUT2D eigenvalue weighted by Crippen LogP contribution is 2.35. The summed E-state index contributed by atoms with van der Waals surface area (Å²) in [5, 5.41) is 10.7. The SMILES string of the molecule is CCC(=O)CC1(O)CCN(c2c(F)cc(N)cc2Cl)CC1. The van der Waals surface area contributed by atoms with E-state index in [1.165, 1.54) is 12.1 Å². The van der Waals surface area contributed by atoms with Crippen molar-refractivity contribution in [3.8, 4) is 0 Å². The number of benzene rings is 1. The second kappa shape index (κ2) is 6.20. The Balaban J connectivity index is 2.09. The lowest BCUT2D eigenvalue weighted by molar-refractivity contribution is -0.124. The molecule has 116 valence electrons. The van der Waals surface area contributed by atoms with Crippen molar-refractivity contribution in [2.45, 2.75) is 38.2 Å². The average Bonchev–Trinajstić information content (AvgIpc) is 2.39. The highest BCUT2D eigenvalue weighted by atomic mass is 35.5. The molecule has 0 unspecified atom stereocenters. The van der Waals surface area contributed by atoms with Gasteiger partial charge in [-0.1, -0.05) is 18.5 Å². The van der Waals surface area contributed by atoms with E-state index in [0.29, 0.717) is 38.0 Å². The fourth-order valence-electron chi connectivity index (χ4n) is 2.70. The number of ketones is 1. The summed E-state index contributed by atoms with van der Waals surface area (Å²) in [6.45, 7) is 2.69. The van der Waals surface area contributed by atoms with E-state index in [2.05, 4.69) is 0 Å². The van der Waals surface area contributed by atoms with Gasteiger partial charge in [-0.15, -0.1) is 0 Å². The number of rotatable bonds is 4. The minimum Gasteiger partial charge on any atom is -0.399 e. The molecule has 0 amide bonds. The smallest absolute Gasteiger partial charge is 0.150 e. The van der Waals surface area contributed by atoms with Crippen LogP contribution < -0.4 is 10.6 Å². The highest BCUT2D eigenvalue weighted by Gasteiger charge is 2.35. The molecule has 1 aromatic rings. The van der Waals surface area contributed by atoms with Crippen molar-refractivity contribution in [1.29, 1.82) is 0 Å². The van der Waals surface area contributed by atoms with Gasteiger partial charge in [-0.2, -0.15) is 0 Å². The number of Topliss-reactive ketones (excluding diaryl/α,β-unsaturated/α-hetero) is 1. The van der Waals surface area contributed by atoms with Crippen molar-refractivity contribution in [2.75, 3.05) is 23.7 Å². The number of hydrogen-bond acceptors (Lipinski definition) is 4. The molecule has 0 atom stereocenters. The Kier molecular flexibility index (Phi) is 4.74. The fourth-order valence-corrected chi connectivity index (χ4v) is 3.04. The standard InChI is InChI=1S/C15H20ClFN2O2/c1-2-11(20)9-15(21)3-5-19(6-4-15)14-12(16)7-10(18)8-13(14)17/h7-8,21H,2-6,9,18H2,1H3. The summed E-state index contributed by atoms with van der Waals surface area (Å²) in [6.07, 6.45) is 1.41. The molecule has 0 bridgehead atoms. The third-order valence-electron chi connectivity index (χ3n) is 3.97. The maximum absolute atomic E-state index is 14.0. The minimum absolute atomic E-state index is 0.0441. The maximum Gasteiger partial charge on any atom is 0.150 e. The summed E-state index contributed by atoms with van der Waals surface area (Å²) in [5.74, 6) is -0.419. The first-order valence-electron chi connectivity index (χ1n) is 7.08. The van der Waals surface area contributed by atoms with Gasteiger partial charge in [0, 0.05) is 31.6 Å². The second-order valence-corrected chi connectivity index (χ2v) is 6.02. The Morgan fingerprint density at radius 1 is 1.48 bits per heavy atom. The van der Waals surface area contributed by atoms with E-state index in [1.54, 1.807) is 11.8 Å². The second-order valence-electron chi connectivity index (χ2n) is 5.61. The van der Waals surface area contributed by atoms with Crippen LogP contribution in [0.3, 0.4) is 0 Å². The van der Waals surface area contributed by atoms with Crippen LogP contribution in [-0.4, -0.2) is 29.6 Å². The number of halogens is 2. The lowest BCUT2D eigenvalue weighted by atomic mass is 9.86. The van der Waals surface area contributed by atoms with Gasteiger partial charge in [0.25, 0.3) is 0 Å². The van der Waals surface area contributed by atoms with E-state index in [9.17, 15) is 14.3 Å². The zero-order valence-corrected chi connectivity index (χ0v) is 12.8. The molecule has 0 radical (unpaired) electrons. The Hall–Kier alpha value is -1.33. The predicted octanol–water partition coefficient (Wildman–Crippen LogP) is 2.76. The molecule has 4 nitrogen and oxygen atoms in total. The molecule has 0 aromatic heterocycles. The van der Waals surface area contributed by atoms with Crippen LogP contribution in [0, 0.1) is 5.82 Å². The van der Waals surface area contributed by atoms with E-state index in [1.807, 2.05) is 0 Å². The molecule has 0 aliphatic carbocycles. The van der Waals surface area contributed by atoms with Crippen LogP contribution in [0.4, 0.5) is 15.8 Å². The van der Waals surface area contributed by atoms with Crippen molar-refractivity contribution in [3.63, 3.8) is 0 Å². The molecule has 0 saturated carbocycles. The molecule has 1 aliphatic rings. The highest BCUT2D eigenvalue weighted by molar-refractivity contribution is 6.33. The summed E-state index contributed by atoms with van der Waals surface area (Å²) in [5.41, 5.74) is 5.16. The van der Waals surface area contributed by atoms with Crippen LogP contribution >= 0.6 is 11.6 Å². The van der Waals surface area contributed by atoms with Crippen molar-refractivity contribution in [2.24, 2.45) is 0 Å². The molecule has 1 fully saturated rings. The van der Waals surface area contributed by atoms with Gasteiger partial charge in [-0.3, -0.25) is 4.79 Å². The van der Waals surface area contributed by atoms with Crippen molar-refractivity contribution < 1.29 is 14.3 Å². The van der Waals surface area contributed by atoms with Crippen LogP contribution in [0.5, 0.6) is 0 Å². The number of carbonyl (C=O) groups is 1. The van der Waals surface area contributed by atoms with Gasteiger partial charge in [-0.05, 0) is 25.0 Å². The van der Waals surface area contributed by atoms with Gasteiger partial charge in [0.05, 0.1) is 16.3 Å². The largest absolute Gasteiger partial charge is 0.399 e. The summed E-state index contributed by atoms with van der Waals surface area (Å²) in [7, 11) is 0. The minimum atomic E-state index is -0.986. The normalized spacial score (nSPS) is 17.8. The number of aliphatic hydroxyl groups is 1. The van der Waals surface area contributed by atoms with E-state index < -0.39 is 11.4 Å². The fraction of sp³-hybridized carbons (Fsp3) is 0.533. The Bertz CT molecular complexity index is 519. The van der Waals surface area contributed by atoms with Gasteiger partial charge >= 0.3 is 0 Å². The van der Waals surface area contributed by atoms with Gasteiger partial charge < -0.3 is 15.7 Å². The Labute approximate surface area is 128 Å². The van der Waals surface area contributed by atoms with E-state index in [0.717, 1.165) is 0 Å². The summed E-state index contributed by atoms with van der Waals surface area (Å²) in [6, 6.07) is 2.75. The van der Waals surface area contributed by atoms with Crippen LogP contribution in [0.2, 0.25) is 5.02 Å². The van der Waals surface area contributed by atoms with Crippen molar-refractivity contribution in [1.82, 2.24) is 0 Å². The van der Waals surface area contributed by atoms with Gasteiger partial charge in [-0.25, -0.2) is 4.39 Å². The zero-order valence-electron chi connectivity index (χ0n) is 12.0. The van der Waals surface area contributed by atoms with E-state index >= 15 is 0 Å². The lowest BCUT2D eigenvalue weighted by Gasteiger charge is -2.39. The average molecular weight is 315 g/mol. The van der Waals surface area contributed by atoms with E-state index in [-0.39, 0.29) is 22.9 Å². The summed E-state index contributed by atoms with van der Waals surface area (Å²) < 4.78 is 14.0. The maximum atomic E-state index is 14.0. The molecular formula is C15H20ClFN2O2. The topological polar surface area (TPSA) is 66.6 Å². The quantitative estimate of drug-likeness (QED) is 0.839. The molecule has 2 rings (SSSR count). The lowest BCUT2D eigenvalue weighted by Crippen LogP contribution is -2.45. The number of nitrogens with two attached hydrogens (primary N) is 1. The Morgan fingerprint density at radius 3 is 2.62 bits per heavy atom. The summed E-state index contributed by atoms with van der Waals surface area (Å²) >= 11 is 6.07. The monoisotopic (exact) mass is 314 g/mol. The van der Waals surface area contributed by atoms with Gasteiger partial charge in [0.15, 0.2) is 0 Å². The number of anilines is 2. The first-order valence-corrected chi connectivity index (χ1v) is 7.46. The molecule has 0 spiro atoms. The number of nitrogens with zero attached hydrogens (tertiary/aromatic N) is 1. The molecule has 21 heavy (non-hydrogen) atoms. The third kappa shape index (κ3) is 3.66. The molecular weight excluding hydrogens is 295 g/mol. The zero-order chi connectivity index (χ0) is 15.6. The first kappa shape index (κ1) is 16.0. The number of carbonyl (C=O) groups excluding carboxylic acids is 1. The van der Waals surface area contributed by atoms with Gasteiger partial charge in [0.2, 0.25) is 0 Å². The first-order chi connectivity index (χ1) is 9.84. The molecule has 1 heterocycles. The molecule has 1 aromatic carbocycles. The van der Waals surface area contributed by atoms with Crippen LogP contribution in [0.15, 0.2) is 12.1 Å².